The SMILES string of the molecule is CC.COc1ccc2c(C=O)c[nH]c2c1.O=CCl. The number of ether oxygens (including phenoxy) is 1. The molecule has 1 aromatic heterocycles. The summed E-state index contributed by atoms with van der Waals surface area (Å²) in [5, 5.41) is 0.927. The number of rotatable bonds is 2. The van der Waals surface area contributed by atoms with Gasteiger partial charge in [0.2, 0.25) is 5.75 Å². The number of benzene rings is 1. The van der Waals surface area contributed by atoms with Crippen molar-refractivity contribution >= 4 is 34.5 Å². The lowest BCUT2D eigenvalue weighted by atomic mass is 10.2. The highest BCUT2D eigenvalue weighted by molar-refractivity contribution is 6.54. The van der Waals surface area contributed by atoms with E-state index in [4.69, 9.17) is 9.53 Å². The van der Waals surface area contributed by atoms with Crippen LogP contribution in [-0.4, -0.2) is 24.1 Å². The standard InChI is InChI=1S/C10H9NO2.C2H6.CHClO/c1-13-8-2-3-9-7(6-12)5-11-10(9)4-8;1-2;2-1-3/h2-6,11H,1H3;1-2H3;1H. The van der Waals surface area contributed by atoms with E-state index in [0.29, 0.717) is 5.56 Å². The quantitative estimate of drug-likeness (QED) is 0.671. The minimum Gasteiger partial charge on any atom is -0.497 e. The Morgan fingerprint density at radius 3 is 2.39 bits per heavy atom. The summed E-state index contributed by atoms with van der Waals surface area (Å²) < 4.78 is 5.06. The number of fused-ring (bicyclic) bond motifs is 1. The number of halogens is 1. The average molecular weight is 270 g/mol. The summed E-state index contributed by atoms with van der Waals surface area (Å²) in [5.41, 5.74) is 1.60. The fourth-order valence-electron chi connectivity index (χ4n) is 1.35. The first-order valence-corrected chi connectivity index (χ1v) is 5.84. The summed E-state index contributed by atoms with van der Waals surface area (Å²) in [4.78, 5) is 22.2. The molecule has 0 fully saturated rings. The third-order valence-corrected chi connectivity index (χ3v) is 2.05. The number of methoxy groups -OCH3 is 1. The molecule has 0 aliphatic rings. The van der Waals surface area contributed by atoms with E-state index in [9.17, 15) is 4.79 Å². The maximum atomic E-state index is 10.6. The summed E-state index contributed by atoms with van der Waals surface area (Å²) in [6.45, 7) is 4.00. The number of aldehydes is 1. The summed E-state index contributed by atoms with van der Waals surface area (Å²) >= 11 is 4.32. The molecule has 5 heteroatoms. The Morgan fingerprint density at radius 2 is 1.89 bits per heavy atom. The monoisotopic (exact) mass is 269 g/mol. The lowest BCUT2D eigenvalue weighted by Crippen LogP contribution is -1.81. The number of carbonyl (C=O) groups is 2. The van der Waals surface area contributed by atoms with E-state index in [0.717, 1.165) is 22.9 Å². The minimum atomic E-state index is 0.222. The highest BCUT2D eigenvalue weighted by atomic mass is 35.5. The van der Waals surface area contributed by atoms with Crippen LogP contribution < -0.4 is 4.74 Å². The van der Waals surface area contributed by atoms with Gasteiger partial charge < -0.3 is 9.72 Å². The normalized spacial score (nSPS) is 8.44. The van der Waals surface area contributed by atoms with Gasteiger partial charge >= 0.3 is 0 Å². The van der Waals surface area contributed by atoms with Crippen LogP contribution in [0.4, 0.5) is 0 Å². The van der Waals surface area contributed by atoms with Gasteiger partial charge in [0.05, 0.1) is 7.11 Å². The molecule has 1 N–H and O–H groups in total. The second-order valence-electron chi connectivity index (χ2n) is 2.86. The molecule has 0 saturated heterocycles. The van der Waals surface area contributed by atoms with Gasteiger partial charge in [-0.25, -0.2) is 0 Å². The Bertz CT molecular complexity index is 494. The molecule has 0 amide bonds. The van der Waals surface area contributed by atoms with Crippen molar-refractivity contribution in [3.05, 3.63) is 30.0 Å². The molecule has 0 saturated carbocycles. The highest BCUT2D eigenvalue weighted by Gasteiger charge is 2.02. The Kier molecular flexibility index (Phi) is 8.31. The van der Waals surface area contributed by atoms with Crippen LogP contribution in [0.3, 0.4) is 0 Å². The van der Waals surface area contributed by atoms with Crippen LogP contribution in [0.5, 0.6) is 5.75 Å². The molecule has 4 nitrogen and oxygen atoms in total. The van der Waals surface area contributed by atoms with Gasteiger partial charge in [-0.15, -0.1) is 0 Å². The fraction of sp³-hybridized carbons (Fsp3) is 0.231. The molecular weight excluding hydrogens is 254 g/mol. The maximum Gasteiger partial charge on any atom is 0.208 e. The van der Waals surface area contributed by atoms with Crippen molar-refractivity contribution in [2.24, 2.45) is 0 Å². The zero-order chi connectivity index (χ0) is 14.0. The first kappa shape index (κ1) is 16.2. The third-order valence-electron chi connectivity index (χ3n) is 2.05. The molecule has 0 aliphatic heterocycles. The molecule has 18 heavy (non-hydrogen) atoms. The van der Waals surface area contributed by atoms with Crippen molar-refractivity contribution < 1.29 is 14.3 Å². The van der Waals surface area contributed by atoms with Crippen LogP contribution in [-0.2, 0) is 4.79 Å². The molecule has 98 valence electrons. The van der Waals surface area contributed by atoms with Crippen molar-refractivity contribution in [2.75, 3.05) is 7.11 Å². The molecule has 0 radical (unpaired) electrons. The number of nitrogens with one attached hydrogen (secondary N) is 1. The molecule has 0 spiro atoms. The van der Waals surface area contributed by atoms with Crippen LogP contribution in [0, 0.1) is 0 Å². The summed E-state index contributed by atoms with van der Waals surface area (Å²) in [5.74, 6) is 1.01. The van der Waals surface area contributed by atoms with Gasteiger partial charge in [0.25, 0.3) is 0 Å². The molecule has 0 atom stereocenters. The number of H-pyrrole nitrogens is 1. The maximum absolute atomic E-state index is 10.6. The largest absolute Gasteiger partial charge is 0.497 e. The number of hydrogen-bond donors (Lipinski definition) is 1. The van der Waals surface area contributed by atoms with Gasteiger partial charge in [0, 0.05) is 28.7 Å². The second-order valence-corrected chi connectivity index (χ2v) is 3.04. The molecule has 2 aromatic rings. The number of carbonyl (C=O) groups excluding carboxylic acids is 2. The van der Waals surface area contributed by atoms with Crippen LogP contribution in [0.25, 0.3) is 10.9 Å². The van der Waals surface area contributed by atoms with E-state index >= 15 is 0 Å². The zero-order valence-electron chi connectivity index (χ0n) is 10.6. The molecule has 0 aliphatic carbocycles. The number of aromatic nitrogens is 1. The topological polar surface area (TPSA) is 59.2 Å². The van der Waals surface area contributed by atoms with Gasteiger partial charge in [0.15, 0.2) is 6.29 Å². The minimum absolute atomic E-state index is 0.222. The van der Waals surface area contributed by atoms with E-state index in [1.165, 1.54) is 0 Å². The van der Waals surface area contributed by atoms with E-state index < -0.39 is 0 Å². The summed E-state index contributed by atoms with van der Waals surface area (Å²) in [7, 11) is 1.62. The van der Waals surface area contributed by atoms with E-state index in [1.54, 1.807) is 13.3 Å². The van der Waals surface area contributed by atoms with Crippen LogP contribution >= 0.6 is 11.6 Å². The predicted octanol–water partition coefficient (Wildman–Crippen LogP) is 3.43. The lowest BCUT2D eigenvalue weighted by Gasteiger charge is -1.98. The van der Waals surface area contributed by atoms with E-state index in [1.807, 2.05) is 32.0 Å². The van der Waals surface area contributed by atoms with Crippen LogP contribution in [0.15, 0.2) is 24.4 Å². The fourth-order valence-corrected chi connectivity index (χ4v) is 1.35. The highest BCUT2D eigenvalue weighted by Crippen LogP contribution is 2.21. The molecule has 0 unspecified atom stereocenters. The summed E-state index contributed by atoms with van der Waals surface area (Å²) in [6.07, 6.45) is 2.53. The van der Waals surface area contributed by atoms with Gasteiger partial charge in [-0.1, -0.05) is 13.8 Å². The predicted molar refractivity (Wildman–Crippen MR) is 74.2 cm³/mol. The van der Waals surface area contributed by atoms with Gasteiger partial charge in [-0.3, -0.25) is 9.59 Å². The molecular formula is C13H16ClNO3. The third kappa shape index (κ3) is 4.22. The van der Waals surface area contributed by atoms with Gasteiger partial charge in [-0.05, 0) is 23.7 Å². The van der Waals surface area contributed by atoms with Crippen molar-refractivity contribution in [1.82, 2.24) is 4.98 Å². The van der Waals surface area contributed by atoms with E-state index in [2.05, 4.69) is 16.6 Å². The van der Waals surface area contributed by atoms with Crippen LogP contribution in [0.1, 0.15) is 24.2 Å². The number of aromatic amines is 1. The van der Waals surface area contributed by atoms with Gasteiger partial charge in [0.1, 0.15) is 5.75 Å². The Hall–Kier alpha value is -1.81. The summed E-state index contributed by atoms with van der Waals surface area (Å²) in [6, 6.07) is 5.57. The Balaban J connectivity index is 0.000000509. The van der Waals surface area contributed by atoms with Crippen LogP contribution in [0.2, 0.25) is 0 Å². The average Bonchev–Trinajstić information content (AvgIpc) is 2.83. The van der Waals surface area contributed by atoms with Gasteiger partial charge in [-0.2, -0.15) is 0 Å². The van der Waals surface area contributed by atoms with E-state index in [-0.39, 0.29) is 5.75 Å². The Labute approximate surface area is 111 Å². The molecule has 1 aromatic carbocycles. The molecule has 1 heterocycles. The van der Waals surface area contributed by atoms with Crippen molar-refractivity contribution in [3.8, 4) is 5.75 Å². The number of hydrogen-bond acceptors (Lipinski definition) is 3. The smallest absolute Gasteiger partial charge is 0.208 e. The lowest BCUT2D eigenvalue weighted by molar-refractivity contribution is 0.112. The van der Waals surface area contributed by atoms with Crippen molar-refractivity contribution in [3.63, 3.8) is 0 Å². The Morgan fingerprint density at radius 1 is 1.28 bits per heavy atom. The first-order chi connectivity index (χ1) is 8.76. The first-order valence-electron chi connectivity index (χ1n) is 5.41. The molecule has 0 bridgehead atoms. The van der Waals surface area contributed by atoms with Crippen molar-refractivity contribution in [2.45, 2.75) is 13.8 Å². The van der Waals surface area contributed by atoms with Crippen molar-refractivity contribution in [1.29, 1.82) is 0 Å². The zero-order valence-corrected chi connectivity index (χ0v) is 11.3. The molecule has 2 rings (SSSR count). The second kappa shape index (κ2) is 9.24.